The molecule has 0 aliphatic rings. The van der Waals surface area contributed by atoms with Crippen molar-refractivity contribution in [2.24, 2.45) is 11.1 Å². The van der Waals surface area contributed by atoms with Crippen molar-refractivity contribution in [3.63, 3.8) is 0 Å². The fraction of sp³-hybridized carbons (Fsp3) is 0.500. The molecule has 0 aliphatic heterocycles. The van der Waals surface area contributed by atoms with Gasteiger partial charge in [-0.25, -0.2) is 0 Å². The Kier molecular flexibility index (Phi) is 4.35. The fourth-order valence-electron chi connectivity index (χ4n) is 1.51. The van der Waals surface area contributed by atoms with Crippen LogP contribution < -0.4 is 11.1 Å². The zero-order valence-electron chi connectivity index (χ0n) is 11.4. The summed E-state index contributed by atoms with van der Waals surface area (Å²) in [6.07, 6.45) is 0.842. The number of carbonyl (C=O) groups excluding carboxylic acids is 1. The van der Waals surface area contributed by atoms with Gasteiger partial charge in [-0.15, -0.1) is 0 Å². The number of nitrogens with two attached hydrogens (primary N) is 1. The van der Waals surface area contributed by atoms with Crippen LogP contribution in [0.25, 0.3) is 0 Å². The first-order chi connectivity index (χ1) is 8.25. The van der Waals surface area contributed by atoms with Crippen molar-refractivity contribution in [1.29, 1.82) is 0 Å². The molecule has 1 aromatic carbocycles. The molecular formula is C14H22N2O2. The van der Waals surface area contributed by atoms with Crippen molar-refractivity contribution in [1.82, 2.24) is 0 Å². The SMILES string of the molecule is CCc1ccc(O)c(NC(=O)C(N)C(C)(C)C)c1. The van der Waals surface area contributed by atoms with Gasteiger partial charge in [-0.1, -0.05) is 33.8 Å². The molecule has 4 heteroatoms. The molecule has 100 valence electrons. The summed E-state index contributed by atoms with van der Waals surface area (Å²) in [5, 5.41) is 12.4. The van der Waals surface area contributed by atoms with E-state index in [1.165, 1.54) is 0 Å². The molecule has 0 radical (unpaired) electrons. The lowest BCUT2D eigenvalue weighted by Crippen LogP contribution is -2.45. The maximum Gasteiger partial charge on any atom is 0.241 e. The van der Waals surface area contributed by atoms with E-state index in [2.05, 4.69) is 5.32 Å². The van der Waals surface area contributed by atoms with Gasteiger partial charge in [0.2, 0.25) is 5.91 Å². The van der Waals surface area contributed by atoms with E-state index < -0.39 is 6.04 Å². The molecule has 1 aromatic rings. The van der Waals surface area contributed by atoms with Gasteiger partial charge in [0.05, 0.1) is 11.7 Å². The number of anilines is 1. The molecule has 0 aromatic heterocycles. The second kappa shape index (κ2) is 5.40. The van der Waals surface area contributed by atoms with E-state index in [1.54, 1.807) is 12.1 Å². The van der Waals surface area contributed by atoms with Gasteiger partial charge in [0.15, 0.2) is 0 Å². The van der Waals surface area contributed by atoms with Crippen LogP contribution in [0, 0.1) is 5.41 Å². The Morgan fingerprint density at radius 2 is 2.06 bits per heavy atom. The lowest BCUT2D eigenvalue weighted by atomic mass is 9.87. The first kappa shape index (κ1) is 14.5. The van der Waals surface area contributed by atoms with Crippen LogP contribution in [-0.4, -0.2) is 17.1 Å². The van der Waals surface area contributed by atoms with Crippen molar-refractivity contribution in [2.45, 2.75) is 40.2 Å². The van der Waals surface area contributed by atoms with E-state index >= 15 is 0 Å². The number of hydrogen-bond donors (Lipinski definition) is 3. The molecule has 1 atom stereocenters. The van der Waals surface area contributed by atoms with E-state index in [4.69, 9.17) is 5.73 Å². The van der Waals surface area contributed by atoms with Crippen LogP contribution in [0.3, 0.4) is 0 Å². The molecule has 0 heterocycles. The van der Waals surface area contributed by atoms with Gasteiger partial charge >= 0.3 is 0 Å². The number of carbonyl (C=O) groups is 1. The highest BCUT2D eigenvalue weighted by molar-refractivity contribution is 5.96. The van der Waals surface area contributed by atoms with Crippen LogP contribution in [-0.2, 0) is 11.2 Å². The predicted molar refractivity (Wildman–Crippen MR) is 73.5 cm³/mol. The Balaban J connectivity index is 2.88. The Morgan fingerprint density at radius 1 is 1.44 bits per heavy atom. The van der Waals surface area contributed by atoms with Gasteiger partial charge in [0, 0.05) is 0 Å². The zero-order chi connectivity index (χ0) is 13.9. The fourth-order valence-corrected chi connectivity index (χ4v) is 1.51. The van der Waals surface area contributed by atoms with Gasteiger partial charge in [-0.05, 0) is 29.5 Å². The monoisotopic (exact) mass is 250 g/mol. The van der Waals surface area contributed by atoms with E-state index in [0.29, 0.717) is 5.69 Å². The number of rotatable bonds is 3. The quantitative estimate of drug-likeness (QED) is 0.720. The molecule has 0 saturated heterocycles. The van der Waals surface area contributed by atoms with Gasteiger partial charge in [0.1, 0.15) is 5.75 Å². The molecule has 4 nitrogen and oxygen atoms in total. The first-order valence-electron chi connectivity index (χ1n) is 6.14. The molecule has 1 amide bonds. The predicted octanol–water partition coefficient (Wildman–Crippen LogP) is 2.27. The molecule has 18 heavy (non-hydrogen) atoms. The van der Waals surface area contributed by atoms with E-state index in [9.17, 15) is 9.90 Å². The van der Waals surface area contributed by atoms with Crippen LogP contribution in [0.15, 0.2) is 18.2 Å². The Bertz CT molecular complexity index is 436. The van der Waals surface area contributed by atoms with Gasteiger partial charge in [0.25, 0.3) is 0 Å². The number of aromatic hydroxyl groups is 1. The van der Waals surface area contributed by atoms with Crippen molar-refractivity contribution in [3.8, 4) is 5.75 Å². The van der Waals surface area contributed by atoms with Crippen molar-refractivity contribution in [2.75, 3.05) is 5.32 Å². The second-order valence-electron chi connectivity index (χ2n) is 5.54. The summed E-state index contributed by atoms with van der Waals surface area (Å²) in [5.41, 5.74) is 7.02. The molecular weight excluding hydrogens is 228 g/mol. The average molecular weight is 250 g/mol. The number of amides is 1. The molecule has 0 aliphatic carbocycles. The number of hydrogen-bond acceptors (Lipinski definition) is 3. The third kappa shape index (κ3) is 3.47. The summed E-state index contributed by atoms with van der Waals surface area (Å²) in [6, 6.07) is 4.55. The highest BCUT2D eigenvalue weighted by Crippen LogP contribution is 2.26. The van der Waals surface area contributed by atoms with Crippen molar-refractivity contribution in [3.05, 3.63) is 23.8 Å². The Labute approximate surface area is 108 Å². The average Bonchev–Trinajstić information content (AvgIpc) is 2.29. The number of aryl methyl sites for hydroxylation is 1. The van der Waals surface area contributed by atoms with E-state index in [0.717, 1.165) is 12.0 Å². The normalized spacial score (nSPS) is 13.2. The summed E-state index contributed by atoms with van der Waals surface area (Å²) in [7, 11) is 0. The smallest absolute Gasteiger partial charge is 0.241 e. The van der Waals surface area contributed by atoms with Crippen LogP contribution in [0.1, 0.15) is 33.3 Å². The maximum absolute atomic E-state index is 12.0. The van der Waals surface area contributed by atoms with E-state index in [-0.39, 0.29) is 17.1 Å². The van der Waals surface area contributed by atoms with Crippen LogP contribution in [0.4, 0.5) is 5.69 Å². The highest BCUT2D eigenvalue weighted by atomic mass is 16.3. The Morgan fingerprint density at radius 3 is 2.56 bits per heavy atom. The third-order valence-electron chi connectivity index (χ3n) is 2.94. The largest absolute Gasteiger partial charge is 0.506 e. The molecule has 0 fully saturated rings. The minimum absolute atomic E-state index is 0.0571. The van der Waals surface area contributed by atoms with Gasteiger partial charge in [-0.3, -0.25) is 4.79 Å². The number of benzene rings is 1. The lowest BCUT2D eigenvalue weighted by molar-refractivity contribution is -0.119. The summed E-state index contributed by atoms with van der Waals surface area (Å²) >= 11 is 0. The summed E-state index contributed by atoms with van der Waals surface area (Å²) in [5.74, 6) is -0.229. The zero-order valence-corrected chi connectivity index (χ0v) is 11.4. The minimum atomic E-state index is -0.623. The summed E-state index contributed by atoms with van der Waals surface area (Å²) in [6.45, 7) is 7.72. The molecule has 0 spiro atoms. The highest BCUT2D eigenvalue weighted by Gasteiger charge is 2.27. The van der Waals surface area contributed by atoms with Crippen molar-refractivity contribution >= 4 is 11.6 Å². The molecule has 0 saturated carbocycles. The minimum Gasteiger partial charge on any atom is -0.506 e. The number of phenolic OH excluding ortho intramolecular Hbond substituents is 1. The molecule has 1 unspecified atom stereocenters. The van der Waals surface area contributed by atoms with Crippen LogP contribution >= 0.6 is 0 Å². The van der Waals surface area contributed by atoms with Gasteiger partial charge < -0.3 is 16.2 Å². The summed E-state index contributed by atoms with van der Waals surface area (Å²) < 4.78 is 0. The molecule has 1 rings (SSSR count). The second-order valence-corrected chi connectivity index (χ2v) is 5.54. The maximum atomic E-state index is 12.0. The topological polar surface area (TPSA) is 75.3 Å². The van der Waals surface area contributed by atoms with E-state index in [1.807, 2.05) is 33.8 Å². The summed E-state index contributed by atoms with van der Waals surface area (Å²) in [4.78, 5) is 12.0. The van der Waals surface area contributed by atoms with Crippen LogP contribution in [0.2, 0.25) is 0 Å². The number of phenols is 1. The standard InChI is InChI=1S/C14H22N2O2/c1-5-9-6-7-11(17)10(8-9)16-13(18)12(15)14(2,3)4/h6-8,12,17H,5,15H2,1-4H3,(H,16,18). The Hall–Kier alpha value is -1.55. The third-order valence-corrected chi connectivity index (χ3v) is 2.94. The lowest BCUT2D eigenvalue weighted by Gasteiger charge is -2.26. The first-order valence-corrected chi connectivity index (χ1v) is 6.14. The molecule has 4 N–H and O–H groups in total. The van der Waals surface area contributed by atoms with Crippen molar-refractivity contribution < 1.29 is 9.90 Å². The number of nitrogens with one attached hydrogen (secondary N) is 1. The van der Waals surface area contributed by atoms with Gasteiger partial charge in [-0.2, -0.15) is 0 Å². The molecule has 0 bridgehead atoms. The van der Waals surface area contributed by atoms with Crippen LogP contribution in [0.5, 0.6) is 5.75 Å².